The summed E-state index contributed by atoms with van der Waals surface area (Å²) in [6, 6.07) is 10.3. The Morgan fingerprint density at radius 3 is 2.61 bits per heavy atom. The smallest absolute Gasteiger partial charge is 0.304 e. The normalized spacial score (nSPS) is 16.7. The molecule has 0 spiro atoms. The van der Waals surface area contributed by atoms with E-state index >= 15 is 0 Å². The molecule has 0 radical (unpaired) electrons. The van der Waals surface area contributed by atoms with E-state index in [4.69, 9.17) is 4.98 Å². The van der Waals surface area contributed by atoms with Crippen LogP contribution in [0.25, 0.3) is 33.4 Å². The number of nitrogens with one attached hydrogen (secondary N) is 1. The Labute approximate surface area is 225 Å². The molecule has 0 bridgehead atoms. The number of H-pyrrole nitrogens is 1. The zero-order valence-corrected chi connectivity index (χ0v) is 22.3. The van der Waals surface area contributed by atoms with Crippen LogP contribution in [0.5, 0.6) is 0 Å². The number of carboxylic acids is 1. The van der Waals surface area contributed by atoms with E-state index in [1.807, 2.05) is 40.9 Å². The SMILES string of the molecule is Cc1c(-c2ccccc2-c2csc(N(C(=O)C(CC(=O)O)CC3CCCC3)C3CC3)n2)cnc2[nH]ccc12. The van der Waals surface area contributed by atoms with Gasteiger partial charge in [-0.1, -0.05) is 49.9 Å². The van der Waals surface area contributed by atoms with Crippen molar-refractivity contribution in [3.05, 3.63) is 53.7 Å². The maximum atomic E-state index is 13.8. The van der Waals surface area contributed by atoms with E-state index in [1.54, 1.807) is 0 Å². The number of aryl methyl sites for hydroxylation is 1. The van der Waals surface area contributed by atoms with Gasteiger partial charge in [0.1, 0.15) is 5.65 Å². The van der Waals surface area contributed by atoms with Crippen LogP contribution >= 0.6 is 11.3 Å². The van der Waals surface area contributed by atoms with Crippen LogP contribution in [0.2, 0.25) is 0 Å². The molecule has 6 rings (SSSR count). The molecule has 3 aromatic heterocycles. The number of carbonyl (C=O) groups is 2. The number of aromatic nitrogens is 3. The summed E-state index contributed by atoms with van der Waals surface area (Å²) < 4.78 is 0. The van der Waals surface area contributed by atoms with Gasteiger partial charge in [0.25, 0.3) is 0 Å². The number of hydrogen-bond donors (Lipinski definition) is 2. The average Bonchev–Trinajstić information content (AvgIpc) is 3.30. The molecule has 38 heavy (non-hydrogen) atoms. The van der Waals surface area contributed by atoms with E-state index in [0.717, 1.165) is 64.7 Å². The van der Waals surface area contributed by atoms with E-state index in [0.29, 0.717) is 17.5 Å². The van der Waals surface area contributed by atoms with Gasteiger partial charge in [0.05, 0.1) is 12.1 Å². The van der Waals surface area contributed by atoms with Crippen molar-refractivity contribution < 1.29 is 14.7 Å². The number of nitrogens with zero attached hydrogens (tertiary/aromatic N) is 3. The summed E-state index contributed by atoms with van der Waals surface area (Å²) in [7, 11) is 0. The molecule has 3 heterocycles. The van der Waals surface area contributed by atoms with Gasteiger partial charge in [-0.2, -0.15) is 0 Å². The number of carboxylic acid groups (broad SMARTS) is 1. The molecule has 1 aromatic carbocycles. The van der Waals surface area contributed by atoms with Gasteiger partial charge < -0.3 is 10.1 Å². The minimum atomic E-state index is -0.908. The minimum Gasteiger partial charge on any atom is -0.481 e. The Balaban J connectivity index is 1.33. The Bertz CT molecular complexity index is 1480. The quantitative estimate of drug-likeness (QED) is 0.248. The second-order valence-electron chi connectivity index (χ2n) is 10.7. The van der Waals surface area contributed by atoms with Crippen molar-refractivity contribution >= 4 is 39.4 Å². The molecule has 1 amide bonds. The molecule has 2 saturated carbocycles. The molecule has 4 aromatic rings. The summed E-state index contributed by atoms with van der Waals surface area (Å²) in [6.45, 7) is 2.11. The van der Waals surface area contributed by atoms with Crippen LogP contribution < -0.4 is 4.90 Å². The fourth-order valence-electron chi connectivity index (χ4n) is 5.94. The minimum absolute atomic E-state index is 0.0751. The fourth-order valence-corrected chi connectivity index (χ4v) is 6.84. The largest absolute Gasteiger partial charge is 0.481 e. The summed E-state index contributed by atoms with van der Waals surface area (Å²) in [5.74, 6) is -1.04. The van der Waals surface area contributed by atoms with E-state index in [9.17, 15) is 14.7 Å². The molecule has 0 aliphatic heterocycles. The van der Waals surface area contributed by atoms with Gasteiger partial charge in [-0.05, 0) is 49.3 Å². The summed E-state index contributed by atoms with van der Waals surface area (Å²) in [6.07, 6.45) is 10.7. The van der Waals surface area contributed by atoms with Crippen LogP contribution in [0.4, 0.5) is 5.13 Å². The number of anilines is 1. The molecule has 196 valence electrons. The molecule has 2 fully saturated rings. The van der Waals surface area contributed by atoms with Crippen molar-refractivity contribution in [2.24, 2.45) is 11.8 Å². The Morgan fingerprint density at radius 2 is 1.87 bits per heavy atom. The highest BCUT2D eigenvalue weighted by molar-refractivity contribution is 7.14. The highest BCUT2D eigenvalue weighted by atomic mass is 32.1. The number of benzene rings is 1. The van der Waals surface area contributed by atoms with Crippen molar-refractivity contribution in [2.45, 2.75) is 64.3 Å². The summed E-state index contributed by atoms with van der Waals surface area (Å²) in [4.78, 5) is 40.1. The van der Waals surface area contributed by atoms with E-state index in [-0.39, 0.29) is 18.4 Å². The standard InChI is InChI=1S/C30H32N4O3S/c1-18-22-12-13-31-28(22)32-16-25(18)23-8-4-5-9-24(23)26-17-38-30(33-26)34(21-10-11-21)29(37)20(15-27(35)36)14-19-6-2-3-7-19/h4-5,8-9,12-13,16-17,19-21H,2-3,6-7,10-11,14-15H2,1H3,(H,31,32)(H,35,36). The van der Waals surface area contributed by atoms with Crippen LogP contribution in [0.15, 0.2) is 48.1 Å². The Kier molecular flexibility index (Phi) is 6.74. The first-order valence-electron chi connectivity index (χ1n) is 13.5. The number of aliphatic carboxylic acids is 1. The molecule has 2 aliphatic carbocycles. The third-order valence-electron chi connectivity index (χ3n) is 8.06. The second kappa shape index (κ2) is 10.3. The number of thiazole rings is 1. The lowest BCUT2D eigenvalue weighted by Gasteiger charge is -2.26. The maximum absolute atomic E-state index is 13.8. The molecule has 1 atom stereocenters. The van der Waals surface area contributed by atoms with Gasteiger partial charge in [-0.15, -0.1) is 11.3 Å². The number of aromatic amines is 1. The molecule has 2 N–H and O–H groups in total. The topological polar surface area (TPSA) is 99.2 Å². The van der Waals surface area contributed by atoms with Gasteiger partial charge in [0, 0.05) is 46.2 Å². The Morgan fingerprint density at radius 1 is 1.11 bits per heavy atom. The predicted molar refractivity (Wildman–Crippen MR) is 150 cm³/mol. The lowest BCUT2D eigenvalue weighted by Crippen LogP contribution is -2.39. The summed E-state index contributed by atoms with van der Waals surface area (Å²) >= 11 is 1.47. The first-order chi connectivity index (χ1) is 18.5. The van der Waals surface area contributed by atoms with Gasteiger partial charge in [0.2, 0.25) is 5.91 Å². The van der Waals surface area contributed by atoms with Crippen molar-refractivity contribution in [1.29, 1.82) is 0 Å². The van der Waals surface area contributed by atoms with Crippen LogP contribution in [0.1, 0.15) is 56.9 Å². The lowest BCUT2D eigenvalue weighted by molar-refractivity contribution is -0.141. The summed E-state index contributed by atoms with van der Waals surface area (Å²) in [5, 5.41) is 13.4. The van der Waals surface area contributed by atoms with Crippen LogP contribution in [0, 0.1) is 18.8 Å². The van der Waals surface area contributed by atoms with Crippen LogP contribution in [0.3, 0.4) is 0 Å². The molecule has 7 nitrogen and oxygen atoms in total. The molecule has 0 saturated heterocycles. The first kappa shape index (κ1) is 24.8. The second-order valence-corrected chi connectivity index (χ2v) is 11.6. The molecular formula is C30H32N4O3S. The van der Waals surface area contributed by atoms with Crippen molar-refractivity contribution in [1.82, 2.24) is 15.0 Å². The number of carbonyl (C=O) groups excluding carboxylic acids is 1. The van der Waals surface area contributed by atoms with Gasteiger partial charge in [-0.3, -0.25) is 14.5 Å². The molecule has 8 heteroatoms. The Hall–Kier alpha value is -3.52. The predicted octanol–water partition coefficient (Wildman–Crippen LogP) is 6.83. The van der Waals surface area contributed by atoms with E-state index < -0.39 is 11.9 Å². The number of amides is 1. The van der Waals surface area contributed by atoms with Gasteiger partial charge >= 0.3 is 5.97 Å². The highest BCUT2D eigenvalue weighted by Crippen LogP contribution is 2.41. The third-order valence-corrected chi connectivity index (χ3v) is 8.90. The van der Waals surface area contributed by atoms with Gasteiger partial charge in [-0.25, -0.2) is 9.97 Å². The van der Waals surface area contributed by atoms with Crippen molar-refractivity contribution in [3.8, 4) is 22.4 Å². The number of rotatable bonds is 9. The molecular weight excluding hydrogens is 496 g/mol. The van der Waals surface area contributed by atoms with Crippen molar-refractivity contribution in [2.75, 3.05) is 4.90 Å². The lowest BCUT2D eigenvalue weighted by atomic mass is 9.90. The fraction of sp³-hybridized carbons (Fsp3) is 0.400. The van der Waals surface area contributed by atoms with Crippen molar-refractivity contribution in [3.63, 3.8) is 0 Å². The number of fused-ring (bicyclic) bond motifs is 1. The maximum Gasteiger partial charge on any atom is 0.304 e. The number of hydrogen-bond acceptors (Lipinski definition) is 5. The molecule has 2 aliphatic rings. The molecule has 1 unspecified atom stereocenters. The summed E-state index contributed by atoms with van der Waals surface area (Å²) in [5.41, 5.74) is 5.93. The van der Waals surface area contributed by atoms with Crippen LogP contribution in [-0.2, 0) is 9.59 Å². The number of pyridine rings is 1. The van der Waals surface area contributed by atoms with Crippen LogP contribution in [-0.4, -0.2) is 38.0 Å². The zero-order chi connectivity index (χ0) is 26.2. The van der Waals surface area contributed by atoms with E-state index in [2.05, 4.69) is 29.0 Å². The third kappa shape index (κ3) is 4.85. The first-order valence-corrected chi connectivity index (χ1v) is 14.4. The average molecular weight is 529 g/mol. The van der Waals surface area contributed by atoms with Gasteiger partial charge in [0.15, 0.2) is 5.13 Å². The monoisotopic (exact) mass is 528 g/mol. The highest BCUT2D eigenvalue weighted by Gasteiger charge is 2.40. The zero-order valence-electron chi connectivity index (χ0n) is 21.5. The van der Waals surface area contributed by atoms with E-state index in [1.165, 1.54) is 24.2 Å².